The van der Waals surface area contributed by atoms with E-state index in [9.17, 15) is 14.4 Å². The SMILES string of the molecule is CNCCNC(=O)C(CC(=O)C(C)(C)C)N(C)C(=O)CC(C)(C)I. The first kappa shape index (κ1) is 23.3. The third kappa shape index (κ3) is 8.96. The highest BCUT2D eigenvalue weighted by molar-refractivity contribution is 14.1. The molecule has 0 aliphatic rings. The van der Waals surface area contributed by atoms with Gasteiger partial charge in [0.05, 0.1) is 0 Å². The van der Waals surface area contributed by atoms with E-state index < -0.39 is 11.5 Å². The van der Waals surface area contributed by atoms with E-state index in [1.54, 1.807) is 14.1 Å². The fraction of sp³-hybridized carbons (Fsp3) is 0.824. The molecule has 0 heterocycles. The molecule has 0 bridgehead atoms. The van der Waals surface area contributed by atoms with E-state index in [2.05, 4.69) is 33.2 Å². The summed E-state index contributed by atoms with van der Waals surface area (Å²) < 4.78 is -0.204. The zero-order valence-corrected chi connectivity index (χ0v) is 18.1. The summed E-state index contributed by atoms with van der Waals surface area (Å²) in [7, 11) is 3.40. The third-order valence-corrected chi connectivity index (χ3v) is 4.01. The number of alkyl halides is 1. The quantitative estimate of drug-likeness (QED) is 0.317. The van der Waals surface area contributed by atoms with Gasteiger partial charge in [-0.3, -0.25) is 14.4 Å². The van der Waals surface area contributed by atoms with Crippen molar-refractivity contribution in [3.05, 3.63) is 0 Å². The number of nitrogens with zero attached hydrogens (tertiary/aromatic N) is 1. The first-order chi connectivity index (χ1) is 10.8. The largest absolute Gasteiger partial charge is 0.353 e. The normalized spacial score (nSPS) is 13.3. The molecule has 0 aromatic carbocycles. The predicted octanol–water partition coefficient (Wildman–Crippen LogP) is 1.76. The second kappa shape index (κ2) is 9.70. The van der Waals surface area contributed by atoms with Gasteiger partial charge in [0.2, 0.25) is 11.8 Å². The summed E-state index contributed by atoms with van der Waals surface area (Å²) in [6.45, 7) is 10.5. The summed E-state index contributed by atoms with van der Waals surface area (Å²) >= 11 is 2.21. The molecule has 0 aromatic heterocycles. The highest BCUT2D eigenvalue weighted by Crippen LogP contribution is 2.24. The van der Waals surface area contributed by atoms with Crippen molar-refractivity contribution < 1.29 is 14.4 Å². The van der Waals surface area contributed by atoms with E-state index in [0.29, 0.717) is 19.5 Å². The molecule has 0 aliphatic carbocycles. The van der Waals surface area contributed by atoms with Crippen molar-refractivity contribution in [1.29, 1.82) is 0 Å². The molecule has 0 aliphatic heterocycles. The summed E-state index contributed by atoms with van der Waals surface area (Å²) in [4.78, 5) is 38.8. The van der Waals surface area contributed by atoms with Crippen LogP contribution in [0.5, 0.6) is 0 Å². The van der Waals surface area contributed by atoms with Crippen LogP contribution in [0.15, 0.2) is 0 Å². The van der Waals surface area contributed by atoms with Gasteiger partial charge in [-0.15, -0.1) is 0 Å². The molecule has 1 unspecified atom stereocenters. The van der Waals surface area contributed by atoms with Crippen molar-refractivity contribution in [3.63, 3.8) is 0 Å². The van der Waals surface area contributed by atoms with E-state index in [1.165, 1.54) is 4.90 Å². The number of ketones is 1. The minimum atomic E-state index is -0.778. The van der Waals surface area contributed by atoms with Crippen molar-refractivity contribution in [2.75, 3.05) is 27.2 Å². The number of Topliss-reactive ketones (excluding diaryl/α,β-unsaturated/α-hetero) is 1. The molecule has 0 saturated carbocycles. The van der Waals surface area contributed by atoms with Gasteiger partial charge in [-0.05, 0) is 7.05 Å². The first-order valence-corrected chi connectivity index (χ1v) is 9.27. The molecule has 2 N–H and O–H groups in total. The van der Waals surface area contributed by atoms with E-state index in [-0.39, 0.29) is 27.4 Å². The molecule has 0 fully saturated rings. The lowest BCUT2D eigenvalue weighted by molar-refractivity contribution is -0.142. The maximum Gasteiger partial charge on any atom is 0.243 e. The number of likely N-dealkylation sites (N-methyl/N-ethyl adjacent to an activating group) is 2. The number of halogens is 1. The molecule has 6 nitrogen and oxygen atoms in total. The Morgan fingerprint density at radius 1 is 1.08 bits per heavy atom. The first-order valence-electron chi connectivity index (χ1n) is 8.20. The van der Waals surface area contributed by atoms with Crippen LogP contribution in [0, 0.1) is 5.41 Å². The van der Waals surface area contributed by atoms with E-state index >= 15 is 0 Å². The van der Waals surface area contributed by atoms with E-state index in [0.717, 1.165) is 0 Å². The van der Waals surface area contributed by atoms with Gasteiger partial charge < -0.3 is 15.5 Å². The fourth-order valence-electron chi connectivity index (χ4n) is 1.97. The Labute approximate surface area is 159 Å². The van der Waals surface area contributed by atoms with Crippen LogP contribution in [0.25, 0.3) is 0 Å². The average Bonchev–Trinajstić information content (AvgIpc) is 2.40. The molecule has 24 heavy (non-hydrogen) atoms. The fourth-order valence-corrected chi connectivity index (χ4v) is 2.30. The van der Waals surface area contributed by atoms with Crippen molar-refractivity contribution in [2.45, 2.75) is 56.9 Å². The Morgan fingerprint density at radius 3 is 2.04 bits per heavy atom. The Morgan fingerprint density at radius 2 is 1.62 bits per heavy atom. The van der Waals surface area contributed by atoms with Crippen molar-refractivity contribution in [2.24, 2.45) is 5.41 Å². The maximum atomic E-state index is 12.5. The monoisotopic (exact) mass is 453 g/mol. The molecule has 0 saturated heterocycles. The Kier molecular flexibility index (Phi) is 9.41. The molecule has 0 rings (SSSR count). The van der Waals surface area contributed by atoms with Gasteiger partial charge in [0.15, 0.2) is 0 Å². The molecule has 0 spiro atoms. The molecular weight excluding hydrogens is 421 g/mol. The molecule has 1 atom stereocenters. The van der Waals surface area contributed by atoms with Crippen molar-refractivity contribution in [3.8, 4) is 0 Å². The highest BCUT2D eigenvalue weighted by Gasteiger charge is 2.34. The summed E-state index contributed by atoms with van der Waals surface area (Å²) in [5, 5.41) is 5.74. The van der Waals surface area contributed by atoms with Crippen LogP contribution < -0.4 is 10.6 Å². The predicted molar refractivity (Wildman–Crippen MR) is 105 cm³/mol. The summed E-state index contributed by atoms with van der Waals surface area (Å²) in [5.74, 6) is -0.459. The lowest BCUT2D eigenvalue weighted by atomic mass is 9.86. The Bertz CT molecular complexity index is 453. The van der Waals surface area contributed by atoms with E-state index in [1.807, 2.05) is 34.6 Å². The third-order valence-electron chi connectivity index (χ3n) is 3.62. The summed E-state index contributed by atoms with van der Waals surface area (Å²) in [6, 6.07) is -0.778. The summed E-state index contributed by atoms with van der Waals surface area (Å²) in [6.07, 6.45) is 0.340. The lowest BCUT2D eigenvalue weighted by Crippen LogP contribution is -2.51. The van der Waals surface area contributed by atoms with Crippen LogP contribution >= 0.6 is 22.6 Å². The zero-order chi connectivity index (χ0) is 19.1. The van der Waals surface area contributed by atoms with Crippen LogP contribution in [0.4, 0.5) is 0 Å². The van der Waals surface area contributed by atoms with Gasteiger partial charge in [-0.2, -0.15) is 0 Å². The number of hydrogen-bond acceptors (Lipinski definition) is 4. The second-order valence-electron chi connectivity index (χ2n) is 7.69. The molecule has 140 valence electrons. The number of rotatable bonds is 9. The smallest absolute Gasteiger partial charge is 0.243 e. The zero-order valence-electron chi connectivity index (χ0n) is 16.0. The van der Waals surface area contributed by atoms with Crippen LogP contribution in [0.3, 0.4) is 0 Å². The van der Waals surface area contributed by atoms with Gasteiger partial charge >= 0.3 is 0 Å². The Hall–Kier alpha value is -0.700. The number of carbonyl (C=O) groups excluding carboxylic acids is 3. The number of nitrogens with one attached hydrogen (secondary N) is 2. The van der Waals surface area contributed by atoms with Crippen LogP contribution in [0.1, 0.15) is 47.5 Å². The van der Waals surface area contributed by atoms with Crippen molar-refractivity contribution >= 4 is 40.2 Å². The highest BCUT2D eigenvalue weighted by atomic mass is 127. The minimum absolute atomic E-state index is 0.0266. The number of amides is 2. The Balaban J connectivity index is 5.19. The molecule has 0 aromatic rings. The van der Waals surface area contributed by atoms with Gasteiger partial charge in [0.25, 0.3) is 0 Å². The molecule has 7 heteroatoms. The van der Waals surface area contributed by atoms with Crippen molar-refractivity contribution in [1.82, 2.24) is 15.5 Å². The number of carbonyl (C=O) groups is 3. The second-order valence-corrected chi connectivity index (χ2v) is 10.6. The van der Waals surface area contributed by atoms with Gasteiger partial charge in [0.1, 0.15) is 11.8 Å². The number of hydrogen-bond donors (Lipinski definition) is 2. The summed E-state index contributed by atoms with van der Waals surface area (Å²) in [5.41, 5.74) is -0.546. The van der Waals surface area contributed by atoms with E-state index in [4.69, 9.17) is 0 Å². The minimum Gasteiger partial charge on any atom is -0.353 e. The topological polar surface area (TPSA) is 78.5 Å². The lowest BCUT2D eigenvalue weighted by Gasteiger charge is -2.30. The molecule has 2 amide bonds. The van der Waals surface area contributed by atoms with Gasteiger partial charge in [-0.25, -0.2) is 0 Å². The van der Waals surface area contributed by atoms with Gasteiger partial charge in [0, 0.05) is 41.8 Å². The molecule has 0 radical (unpaired) electrons. The maximum absolute atomic E-state index is 12.5. The van der Waals surface area contributed by atoms with Crippen LogP contribution in [-0.2, 0) is 14.4 Å². The van der Waals surface area contributed by atoms with Crippen LogP contribution in [0.2, 0.25) is 0 Å². The molecular formula is C17H32IN3O3. The van der Waals surface area contributed by atoms with Gasteiger partial charge in [-0.1, -0.05) is 57.2 Å². The average molecular weight is 453 g/mol. The van der Waals surface area contributed by atoms with Crippen LogP contribution in [-0.4, -0.2) is 59.1 Å². The standard InChI is InChI=1S/C17H32IN3O3/c1-16(2,3)13(22)10-12(15(24)20-9-8-19-6)21(7)14(23)11-17(4,5)18/h12,19H,8-11H2,1-7H3,(H,20,24).